The van der Waals surface area contributed by atoms with Crippen LogP contribution in [0, 0.1) is 0 Å². The summed E-state index contributed by atoms with van der Waals surface area (Å²) in [6.07, 6.45) is -31.7. The fourth-order valence-electron chi connectivity index (χ4n) is 1.56. The van der Waals surface area contributed by atoms with Gasteiger partial charge in [-0.1, -0.05) is 0 Å². The maximum Gasteiger partial charge on any atom is 0.405 e. The lowest BCUT2D eigenvalue weighted by molar-refractivity contribution is -0.355. The highest BCUT2D eigenvalue weighted by molar-refractivity contribution is 5.77. The number of rotatable bonds is 10. The van der Waals surface area contributed by atoms with Gasteiger partial charge in [0.1, 0.15) is 0 Å². The van der Waals surface area contributed by atoms with Gasteiger partial charge in [-0.05, 0) is 0 Å². The quantitative estimate of drug-likeness (QED) is 0.517. The average molecular weight is 436 g/mol. The molecule has 0 radical (unpaired) electrons. The molecule has 0 amide bonds. The Morgan fingerprint density at radius 3 is 1.33 bits per heavy atom. The van der Waals surface area contributed by atoms with Gasteiger partial charge < -0.3 is 10.2 Å². The first-order valence-corrected chi connectivity index (χ1v) is 6.38. The summed E-state index contributed by atoms with van der Waals surface area (Å²) < 4.78 is 167. The Hall–Kier alpha value is -1.48. The van der Waals surface area contributed by atoms with Crippen LogP contribution in [0.3, 0.4) is 0 Å². The molecule has 0 saturated heterocycles. The number of carbonyl (C=O) groups is 1. The van der Waals surface area contributed by atoms with E-state index < -0.39 is 67.1 Å². The minimum absolute atomic E-state index is 3.80. The normalized spacial score (nSPS) is 22.5. The predicted molar refractivity (Wildman–Crippen MR) is 59.0 cm³/mol. The van der Waals surface area contributed by atoms with Gasteiger partial charge in [-0.2, -0.15) is 22.0 Å². The predicted octanol–water partition coefficient (Wildman–Crippen LogP) is 3.29. The molecule has 0 aliphatic heterocycles. The smallest absolute Gasteiger partial charge is 0.405 e. The Morgan fingerprint density at radius 1 is 0.667 bits per heavy atom. The Labute approximate surface area is 140 Å². The monoisotopic (exact) mass is 436 g/mol. The van der Waals surface area contributed by atoms with Crippen molar-refractivity contribution < 1.29 is 72.1 Å². The Bertz CT molecular complexity index is 514. The summed E-state index contributed by atoms with van der Waals surface area (Å²) in [5.74, 6) is -23.8. The molecule has 7 unspecified atom stereocenters. The van der Waals surface area contributed by atoms with E-state index in [0.29, 0.717) is 0 Å². The fourth-order valence-corrected chi connectivity index (χ4v) is 1.56. The number of halogens is 13. The van der Waals surface area contributed by atoms with Crippen LogP contribution in [0.5, 0.6) is 0 Å². The van der Waals surface area contributed by atoms with Crippen LogP contribution in [0.15, 0.2) is 0 Å². The molecule has 0 rings (SSSR count). The van der Waals surface area contributed by atoms with Crippen molar-refractivity contribution in [1.82, 2.24) is 0 Å². The summed E-state index contributed by atoms with van der Waals surface area (Å²) in [5, 5.41) is 16.2. The second-order valence-electron chi connectivity index (χ2n) is 5.08. The number of aliphatic carboxylic acids is 1. The van der Waals surface area contributed by atoms with Gasteiger partial charge in [0.05, 0.1) is 0 Å². The molecule has 0 fully saturated rings. The van der Waals surface area contributed by atoms with E-state index in [1.54, 1.807) is 0 Å². The highest BCUT2D eigenvalue weighted by Gasteiger charge is 2.77. The summed E-state index contributed by atoms with van der Waals surface area (Å²) in [6.45, 7) is 0. The van der Waals surface area contributed by atoms with Gasteiger partial charge in [0, 0.05) is 0 Å². The molecular weight excluding hydrogens is 427 g/mol. The average Bonchev–Trinajstić information content (AvgIpc) is 2.56. The van der Waals surface area contributed by atoms with Gasteiger partial charge in [0.15, 0.2) is 30.9 Å². The summed E-state index contributed by atoms with van der Waals surface area (Å²) in [5.41, 5.74) is 0. The molecule has 16 heteroatoms. The third kappa shape index (κ3) is 4.51. The highest BCUT2D eigenvalue weighted by atomic mass is 19.3. The molecule has 162 valence electrons. The number of carboxylic acids is 1. The van der Waals surface area contributed by atoms with Crippen molar-refractivity contribution in [2.24, 2.45) is 0 Å². The van der Waals surface area contributed by atoms with Crippen molar-refractivity contribution in [1.29, 1.82) is 0 Å². The molecular formula is C11H9F13O3. The lowest BCUT2D eigenvalue weighted by Gasteiger charge is -2.35. The highest BCUT2D eigenvalue weighted by Crippen LogP contribution is 2.47. The third-order valence-corrected chi connectivity index (χ3v) is 3.21. The van der Waals surface area contributed by atoms with E-state index in [4.69, 9.17) is 10.2 Å². The SMILES string of the molecule is O=C(O)C(F)(F)C(O)(F)C(F)(F)C(F)C(F)C(F)C(F)C(F)C(F)C(F)F. The summed E-state index contributed by atoms with van der Waals surface area (Å²) >= 11 is 0. The maximum atomic E-state index is 13.3. The second-order valence-corrected chi connectivity index (χ2v) is 5.08. The number of aliphatic hydroxyl groups is 1. The van der Waals surface area contributed by atoms with Crippen molar-refractivity contribution in [3.8, 4) is 0 Å². The van der Waals surface area contributed by atoms with Crippen molar-refractivity contribution in [3.05, 3.63) is 0 Å². The van der Waals surface area contributed by atoms with E-state index in [1.165, 1.54) is 0 Å². The molecule has 0 heterocycles. The molecule has 2 N–H and O–H groups in total. The van der Waals surface area contributed by atoms with Crippen molar-refractivity contribution in [2.75, 3.05) is 0 Å². The molecule has 27 heavy (non-hydrogen) atoms. The van der Waals surface area contributed by atoms with Crippen LogP contribution in [-0.2, 0) is 4.79 Å². The van der Waals surface area contributed by atoms with Crippen molar-refractivity contribution in [2.45, 2.75) is 61.2 Å². The van der Waals surface area contributed by atoms with Crippen LogP contribution in [0.1, 0.15) is 0 Å². The minimum Gasteiger partial charge on any atom is -0.477 e. The number of carboxylic acid groups (broad SMARTS) is 1. The van der Waals surface area contributed by atoms with E-state index in [2.05, 4.69) is 0 Å². The standard InChI is InChI=1S/C11H9F13O3/c12-1(3(14)5(16)7(18)19)2(13)4(15)6(17)9(20,21)11(24,27)10(22,23)8(25)26/h1-7,27H,(H,25,26). The number of alkyl halides is 13. The second kappa shape index (κ2) is 8.26. The lowest BCUT2D eigenvalue weighted by Crippen LogP contribution is -2.66. The molecule has 0 aliphatic carbocycles. The molecule has 0 aromatic rings. The van der Waals surface area contributed by atoms with E-state index in [1.807, 2.05) is 0 Å². The molecule has 0 aromatic heterocycles. The van der Waals surface area contributed by atoms with Gasteiger partial charge >= 0.3 is 23.7 Å². The van der Waals surface area contributed by atoms with Crippen molar-refractivity contribution >= 4 is 5.97 Å². The fraction of sp³-hybridized carbons (Fsp3) is 0.909. The van der Waals surface area contributed by atoms with Crippen molar-refractivity contribution in [3.63, 3.8) is 0 Å². The van der Waals surface area contributed by atoms with Crippen LogP contribution >= 0.6 is 0 Å². The summed E-state index contributed by atoms with van der Waals surface area (Å²) in [7, 11) is 0. The molecule has 3 nitrogen and oxygen atoms in total. The van der Waals surface area contributed by atoms with E-state index in [-0.39, 0.29) is 0 Å². The number of hydrogen-bond donors (Lipinski definition) is 2. The Balaban J connectivity index is 5.63. The molecule has 0 aliphatic rings. The first-order chi connectivity index (χ1) is 11.9. The summed E-state index contributed by atoms with van der Waals surface area (Å²) in [4.78, 5) is 9.98. The van der Waals surface area contributed by atoms with Gasteiger partial charge in [0.25, 0.3) is 6.43 Å². The Kier molecular flexibility index (Phi) is 7.81. The summed E-state index contributed by atoms with van der Waals surface area (Å²) in [6, 6.07) is 0. The zero-order valence-electron chi connectivity index (χ0n) is 12.3. The van der Waals surface area contributed by atoms with E-state index in [9.17, 15) is 61.9 Å². The van der Waals surface area contributed by atoms with E-state index >= 15 is 0 Å². The molecule has 7 atom stereocenters. The largest absolute Gasteiger partial charge is 0.477 e. The maximum absolute atomic E-state index is 13.3. The first-order valence-electron chi connectivity index (χ1n) is 6.38. The topological polar surface area (TPSA) is 57.5 Å². The number of hydrogen-bond acceptors (Lipinski definition) is 2. The molecule has 0 bridgehead atoms. The molecule has 0 saturated carbocycles. The van der Waals surface area contributed by atoms with Crippen LogP contribution in [-0.4, -0.2) is 77.3 Å². The first kappa shape index (κ1) is 25.5. The zero-order valence-corrected chi connectivity index (χ0v) is 12.3. The van der Waals surface area contributed by atoms with Crippen LogP contribution in [0.2, 0.25) is 0 Å². The minimum atomic E-state index is -6.78. The van der Waals surface area contributed by atoms with Gasteiger partial charge in [-0.15, -0.1) is 0 Å². The third-order valence-electron chi connectivity index (χ3n) is 3.21. The molecule has 0 spiro atoms. The van der Waals surface area contributed by atoms with Crippen LogP contribution < -0.4 is 0 Å². The zero-order chi connectivity index (χ0) is 22.1. The lowest BCUT2D eigenvalue weighted by atomic mass is 9.92. The Morgan fingerprint density at radius 2 is 1.00 bits per heavy atom. The van der Waals surface area contributed by atoms with Crippen LogP contribution in [0.25, 0.3) is 0 Å². The van der Waals surface area contributed by atoms with E-state index in [0.717, 1.165) is 0 Å². The van der Waals surface area contributed by atoms with Gasteiger partial charge in [-0.25, -0.2) is 39.9 Å². The van der Waals surface area contributed by atoms with Gasteiger partial charge in [-0.3, -0.25) is 0 Å². The van der Waals surface area contributed by atoms with Gasteiger partial charge in [0.2, 0.25) is 6.17 Å². The molecule has 0 aromatic carbocycles. The van der Waals surface area contributed by atoms with Crippen LogP contribution in [0.4, 0.5) is 57.1 Å².